The second kappa shape index (κ2) is 5.28. The molecule has 0 aliphatic rings. The SMILES string of the molecule is Cc1nnc(SCc2ccc([Si](C)(C)C)cc2)o1. The number of rotatable bonds is 4. The first kappa shape index (κ1) is 13.4. The lowest BCUT2D eigenvalue weighted by Crippen LogP contribution is -2.37. The summed E-state index contributed by atoms with van der Waals surface area (Å²) < 4.78 is 5.33. The predicted molar refractivity (Wildman–Crippen MR) is 78.0 cm³/mol. The van der Waals surface area contributed by atoms with E-state index in [2.05, 4.69) is 54.1 Å². The molecule has 1 heterocycles. The maximum Gasteiger partial charge on any atom is 0.276 e. The highest BCUT2D eigenvalue weighted by Gasteiger charge is 2.15. The van der Waals surface area contributed by atoms with Crippen molar-refractivity contribution in [3.63, 3.8) is 0 Å². The molecule has 0 fully saturated rings. The molecule has 0 bridgehead atoms. The third-order valence-corrected chi connectivity index (χ3v) is 5.64. The van der Waals surface area contributed by atoms with Crippen molar-refractivity contribution in [3.05, 3.63) is 35.7 Å². The molecule has 2 rings (SSSR count). The third kappa shape index (κ3) is 3.46. The minimum absolute atomic E-state index is 0.617. The van der Waals surface area contributed by atoms with Gasteiger partial charge in [-0.05, 0) is 5.56 Å². The Balaban J connectivity index is 1.98. The second-order valence-electron chi connectivity index (χ2n) is 5.32. The summed E-state index contributed by atoms with van der Waals surface area (Å²) >= 11 is 1.58. The molecule has 0 unspecified atom stereocenters. The van der Waals surface area contributed by atoms with Crippen molar-refractivity contribution in [1.82, 2.24) is 10.2 Å². The number of hydrogen-bond donors (Lipinski definition) is 0. The van der Waals surface area contributed by atoms with E-state index in [1.165, 1.54) is 10.8 Å². The lowest BCUT2D eigenvalue weighted by Gasteiger charge is -2.16. The smallest absolute Gasteiger partial charge is 0.276 e. The third-order valence-electron chi connectivity index (χ3n) is 2.69. The summed E-state index contributed by atoms with van der Waals surface area (Å²) in [5.74, 6) is 1.49. The molecule has 0 radical (unpaired) electrons. The fourth-order valence-corrected chi connectivity index (χ4v) is 3.51. The summed E-state index contributed by atoms with van der Waals surface area (Å²) in [4.78, 5) is 0. The average molecular weight is 278 g/mol. The van der Waals surface area contributed by atoms with Crippen LogP contribution >= 0.6 is 11.8 Å². The normalized spacial score (nSPS) is 11.8. The Hall–Kier alpha value is -1.07. The molecular formula is C13H18N2OSSi. The summed E-state index contributed by atoms with van der Waals surface area (Å²) in [5.41, 5.74) is 1.29. The Labute approximate surface area is 113 Å². The van der Waals surface area contributed by atoms with Gasteiger partial charge in [0.25, 0.3) is 5.22 Å². The predicted octanol–water partition coefficient (Wildman–Crippen LogP) is 3.22. The Morgan fingerprint density at radius 2 is 1.78 bits per heavy atom. The first-order valence-corrected chi connectivity index (χ1v) is 10.5. The van der Waals surface area contributed by atoms with Gasteiger partial charge in [0, 0.05) is 12.7 Å². The van der Waals surface area contributed by atoms with Gasteiger partial charge in [-0.2, -0.15) is 0 Å². The summed E-state index contributed by atoms with van der Waals surface area (Å²) in [7, 11) is -1.19. The Morgan fingerprint density at radius 1 is 1.11 bits per heavy atom. The molecule has 0 atom stereocenters. The largest absolute Gasteiger partial charge is 0.416 e. The lowest BCUT2D eigenvalue weighted by atomic mass is 10.2. The van der Waals surface area contributed by atoms with Crippen LogP contribution in [0.15, 0.2) is 33.9 Å². The van der Waals surface area contributed by atoms with Crippen LogP contribution in [0, 0.1) is 6.92 Å². The molecule has 0 N–H and O–H groups in total. The summed E-state index contributed by atoms with van der Waals surface area (Å²) in [6.07, 6.45) is 0. The van der Waals surface area contributed by atoms with Crippen LogP contribution in [0.3, 0.4) is 0 Å². The molecule has 5 heteroatoms. The van der Waals surface area contributed by atoms with Crippen LogP contribution in [-0.2, 0) is 5.75 Å². The standard InChI is InChI=1S/C13H18N2OSSi/c1-10-14-15-13(16-10)17-9-11-5-7-12(8-6-11)18(2,3)4/h5-8H,9H2,1-4H3. The molecule has 0 spiro atoms. The van der Waals surface area contributed by atoms with Crippen LogP contribution in [0.5, 0.6) is 0 Å². The molecule has 0 aliphatic carbocycles. The molecule has 0 saturated carbocycles. The summed E-state index contributed by atoms with van der Waals surface area (Å²) in [6.45, 7) is 8.88. The van der Waals surface area contributed by atoms with E-state index in [0.29, 0.717) is 11.1 Å². The highest BCUT2D eigenvalue weighted by Crippen LogP contribution is 2.20. The molecule has 0 aliphatic heterocycles. The van der Waals surface area contributed by atoms with E-state index < -0.39 is 8.07 Å². The quantitative estimate of drug-likeness (QED) is 0.636. The van der Waals surface area contributed by atoms with Crippen molar-refractivity contribution in [3.8, 4) is 0 Å². The zero-order chi connectivity index (χ0) is 13.2. The van der Waals surface area contributed by atoms with Crippen LogP contribution in [0.1, 0.15) is 11.5 Å². The Kier molecular flexibility index (Phi) is 3.92. The number of nitrogens with zero attached hydrogens (tertiary/aromatic N) is 2. The van der Waals surface area contributed by atoms with Gasteiger partial charge in [0.2, 0.25) is 5.89 Å². The van der Waals surface area contributed by atoms with Crippen molar-refractivity contribution in [1.29, 1.82) is 0 Å². The molecule has 2 aromatic rings. The molecule has 1 aromatic carbocycles. The molecule has 1 aromatic heterocycles. The Bertz CT molecular complexity index is 517. The minimum atomic E-state index is -1.19. The van der Waals surface area contributed by atoms with Gasteiger partial charge in [-0.25, -0.2) is 0 Å². The van der Waals surface area contributed by atoms with Crippen molar-refractivity contribution in [2.45, 2.75) is 37.5 Å². The van der Waals surface area contributed by atoms with Gasteiger partial charge in [-0.1, -0.05) is 60.9 Å². The summed E-state index contributed by atoms with van der Waals surface area (Å²) in [6, 6.07) is 8.90. The number of hydrogen-bond acceptors (Lipinski definition) is 4. The fraction of sp³-hybridized carbons (Fsp3) is 0.385. The van der Waals surface area contributed by atoms with E-state index in [0.717, 1.165) is 5.75 Å². The van der Waals surface area contributed by atoms with Gasteiger partial charge in [0.05, 0.1) is 8.07 Å². The van der Waals surface area contributed by atoms with Crippen molar-refractivity contribution in [2.75, 3.05) is 0 Å². The van der Waals surface area contributed by atoms with Crippen molar-refractivity contribution < 1.29 is 4.42 Å². The van der Waals surface area contributed by atoms with Crippen LogP contribution < -0.4 is 5.19 Å². The maximum absolute atomic E-state index is 5.33. The monoisotopic (exact) mass is 278 g/mol. The van der Waals surface area contributed by atoms with Crippen LogP contribution in [0.2, 0.25) is 19.6 Å². The molecule has 0 amide bonds. The van der Waals surface area contributed by atoms with E-state index in [1.807, 2.05) is 0 Å². The number of benzene rings is 1. The highest BCUT2D eigenvalue weighted by atomic mass is 32.2. The van der Waals surface area contributed by atoms with Gasteiger partial charge in [-0.15, -0.1) is 10.2 Å². The molecule has 0 saturated heterocycles. The first-order chi connectivity index (χ1) is 8.45. The Morgan fingerprint density at radius 3 is 2.28 bits per heavy atom. The molecule has 96 valence electrons. The van der Waals surface area contributed by atoms with E-state index >= 15 is 0 Å². The lowest BCUT2D eigenvalue weighted by molar-refractivity contribution is 0.429. The van der Waals surface area contributed by atoms with Gasteiger partial charge in [0.15, 0.2) is 0 Å². The van der Waals surface area contributed by atoms with Crippen molar-refractivity contribution in [2.24, 2.45) is 0 Å². The highest BCUT2D eigenvalue weighted by molar-refractivity contribution is 7.98. The van der Waals surface area contributed by atoms with Gasteiger partial charge in [0.1, 0.15) is 0 Å². The fourth-order valence-electron chi connectivity index (χ4n) is 1.58. The molecule has 3 nitrogen and oxygen atoms in total. The topological polar surface area (TPSA) is 38.9 Å². The van der Waals surface area contributed by atoms with Crippen LogP contribution in [0.4, 0.5) is 0 Å². The molecular weight excluding hydrogens is 260 g/mol. The van der Waals surface area contributed by atoms with Gasteiger partial charge in [-0.3, -0.25) is 0 Å². The minimum Gasteiger partial charge on any atom is -0.416 e. The van der Waals surface area contributed by atoms with Gasteiger partial charge < -0.3 is 4.42 Å². The van der Waals surface area contributed by atoms with E-state index in [9.17, 15) is 0 Å². The summed E-state index contributed by atoms with van der Waals surface area (Å²) in [5, 5.41) is 9.92. The van der Waals surface area contributed by atoms with Crippen molar-refractivity contribution >= 4 is 25.0 Å². The van der Waals surface area contributed by atoms with E-state index in [4.69, 9.17) is 4.42 Å². The first-order valence-electron chi connectivity index (χ1n) is 5.97. The number of thioether (sulfide) groups is 1. The number of aromatic nitrogens is 2. The average Bonchev–Trinajstić information content (AvgIpc) is 2.72. The van der Waals surface area contributed by atoms with E-state index in [1.54, 1.807) is 18.7 Å². The zero-order valence-electron chi connectivity index (χ0n) is 11.2. The van der Waals surface area contributed by atoms with E-state index in [-0.39, 0.29) is 0 Å². The van der Waals surface area contributed by atoms with Crippen LogP contribution in [-0.4, -0.2) is 18.3 Å². The molecule has 18 heavy (non-hydrogen) atoms. The zero-order valence-corrected chi connectivity index (χ0v) is 13.0. The maximum atomic E-state index is 5.33. The van der Waals surface area contributed by atoms with Gasteiger partial charge >= 0.3 is 0 Å². The van der Waals surface area contributed by atoms with Crippen LogP contribution in [0.25, 0.3) is 0 Å². The number of aryl methyl sites for hydroxylation is 1. The second-order valence-corrected chi connectivity index (χ2v) is 11.3.